The van der Waals surface area contributed by atoms with E-state index in [0.29, 0.717) is 54.8 Å². The van der Waals surface area contributed by atoms with Crippen LogP contribution in [0.25, 0.3) is 16.6 Å². The second-order valence-corrected chi connectivity index (χ2v) is 26.1. The number of imide groups is 2. The minimum Gasteiger partial charge on any atom is -0.455 e. The summed E-state index contributed by atoms with van der Waals surface area (Å²) in [6.07, 6.45) is 8.19. The molecule has 24 heteroatoms. The number of aromatic nitrogens is 2. The van der Waals surface area contributed by atoms with E-state index in [1.54, 1.807) is 42.6 Å². The number of carbonyl (C=O) groups is 5. The predicted molar refractivity (Wildman–Crippen MR) is 332 cm³/mol. The summed E-state index contributed by atoms with van der Waals surface area (Å²) in [6, 6.07) is 24.3. The largest absolute Gasteiger partial charge is 0.455 e. The van der Waals surface area contributed by atoms with Crippen LogP contribution in [-0.2, 0) is 19.6 Å². The molecule has 1 unspecified atom stereocenters. The Labute approximate surface area is 509 Å². The van der Waals surface area contributed by atoms with E-state index in [2.05, 4.69) is 76.2 Å². The molecule has 4 aromatic carbocycles. The van der Waals surface area contributed by atoms with Crippen molar-refractivity contribution in [2.24, 2.45) is 11.3 Å². The number of halogens is 1. The number of amides is 5. The van der Waals surface area contributed by atoms with Crippen molar-refractivity contribution in [3.05, 3.63) is 146 Å². The van der Waals surface area contributed by atoms with Crippen LogP contribution in [0.4, 0.5) is 22.7 Å². The van der Waals surface area contributed by atoms with E-state index in [1.165, 1.54) is 41.1 Å². The van der Waals surface area contributed by atoms with E-state index in [1.807, 2.05) is 25.2 Å². The number of likely N-dealkylation sites (tertiary alicyclic amines) is 1. The molecule has 11 rings (SSSR count). The molecule has 456 valence electrons. The van der Waals surface area contributed by atoms with Crippen molar-refractivity contribution in [1.82, 2.24) is 39.6 Å². The number of hydrogen-bond acceptors (Lipinski definition) is 17. The summed E-state index contributed by atoms with van der Waals surface area (Å²) in [4.78, 5) is 94.2. The Kier molecular flexibility index (Phi) is 17.8. The van der Waals surface area contributed by atoms with Gasteiger partial charge >= 0.3 is 0 Å². The lowest BCUT2D eigenvalue weighted by molar-refractivity contribution is -0.384. The summed E-state index contributed by atoms with van der Waals surface area (Å²) in [5.41, 5.74) is 6.26. The first-order valence-corrected chi connectivity index (χ1v) is 31.4. The minimum atomic E-state index is -4.64. The number of nitro groups is 1. The Morgan fingerprint density at radius 2 is 1.66 bits per heavy atom. The molecule has 5 aliphatic rings. The Morgan fingerprint density at radius 1 is 0.874 bits per heavy atom. The summed E-state index contributed by atoms with van der Waals surface area (Å²) < 4.78 is 36.5. The molecule has 6 aromatic rings. The molecule has 0 spiro atoms. The van der Waals surface area contributed by atoms with Crippen molar-refractivity contribution in [3.63, 3.8) is 0 Å². The second-order valence-electron chi connectivity index (χ2n) is 24.0. The minimum absolute atomic E-state index is 0.0413. The van der Waals surface area contributed by atoms with Gasteiger partial charge in [0.15, 0.2) is 0 Å². The molecule has 5 N–H and O–H groups in total. The number of H-pyrrole nitrogens is 1. The van der Waals surface area contributed by atoms with E-state index >= 15 is 0 Å². The maximum absolute atomic E-state index is 14.2. The number of likely N-dealkylation sites (N-methyl/N-ethyl adjacent to an activating group) is 1. The number of nitrogens with one attached hydrogen (secondary N) is 5. The van der Waals surface area contributed by atoms with Gasteiger partial charge in [0.1, 0.15) is 28.9 Å². The highest BCUT2D eigenvalue weighted by molar-refractivity contribution is 7.90. The molecule has 3 fully saturated rings. The number of piperazine rings is 1. The Hall–Kier alpha value is -8.22. The van der Waals surface area contributed by atoms with Gasteiger partial charge in [-0.05, 0) is 142 Å². The molecule has 87 heavy (non-hydrogen) atoms. The normalized spacial score (nSPS) is 18.7. The molecular formula is C63H71ClN12O10S. The van der Waals surface area contributed by atoms with Crippen LogP contribution in [-0.4, -0.2) is 164 Å². The molecular weight excluding hydrogens is 1150 g/mol. The van der Waals surface area contributed by atoms with Gasteiger partial charge in [0.2, 0.25) is 11.8 Å². The number of piperidine rings is 2. The molecule has 5 amide bonds. The average Bonchev–Trinajstić information content (AvgIpc) is 2.18. The third-order valence-electron chi connectivity index (χ3n) is 17.4. The van der Waals surface area contributed by atoms with Crippen LogP contribution in [0.5, 0.6) is 11.5 Å². The quantitative estimate of drug-likeness (QED) is 0.0257. The molecule has 0 radical (unpaired) electrons. The molecule has 3 saturated heterocycles. The monoisotopic (exact) mass is 1220 g/mol. The molecule has 0 saturated carbocycles. The van der Waals surface area contributed by atoms with E-state index in [4.69, 9.17) is 16.3 Å². The van der Waals surface area contributed by atoms with Gasteiger partial charge in [-0.1, -0.05) is 49.2 Å². The SMILES string of the molecule is CN(CCNc1cccc2c1C(=O)N(C1CCC(=O)NC1=O)C2=O)CCN1CCC(CNc2ccc(S(=O)(=O)NC(=O)c3ccc(N4CCN(CC5=C(c6ccc(Cl)cc6)CC(C)(C)CC5)CC4)cc3Oc3cnc4[nH]ccc4c3)cc2[N+](=O)[O-])CC1. The molecule has 6 heterocycles. The number of ether oxygens (including phenoxy) is 1. The summed E-state index contributed by atoms with van der Waals surface area (Å²) in [6.45, 7) is 13.2. The summed E-state index contributed by atoms with van der Waals surface area (Å²) in [7, 11) is -2.64. The first-order valence-electron chi connectivity index (χ1n) is 29.5. The van der Waals surface area contributed by atoms with Crippen molar-refractivity contribution in [2.75, 3.05) is 101 Å². The maximum Gasteiger partial charge on any atom is 0.293 e. The first kappa shape index (κ1) is 60.5. The van der Waals surface area contributed by atoms with E-state index < -0.39 is 61.1 Å². The van der Waals surface area contributed by atoms with Gasteiger partial charge in [-0.3, -0.25) is 49.2 Å². The third kappa shape index (κ3) is 13.8. The number of benzene rings is 4. The Bertz CT molecular complexity index is 3800. The van der Waals surface area contributed by atoms with Crippen LogP contribution in [0.3, 0.4) is 0 Å². The van der Waals surface area contributed by atoms with E-state index in [0.717, 1.165) is 100.0 Å². The number of carbonyl (C=O) groups excluding carboxylic acids is 5. The topological polar surface area (TPSA) is 265 Å². The molecule has 2 aromatic heterocycles. The van der Waals surface area contributed by atoms with Gasteiger partial charge in [-0.25, -0.2) is 18.1 Å². The number of allylic oxidation sites excluding steroid dienone is 1. The van der Waals surface area contributed by atoms with Crippen molar-refractivity contribution in [3.8, 4) is 11.5 Å². The van der Waals surface area contributed by atoms with Crippen molar-refractivity contribution >= 4 is 90.5 Å². The van der Waals surface area contributed by atoms with Crippen molar-refractivity contribution < 1.29 is 42.1 Å². The van der Waals surface area contributed by atoms with Gasteiger partial charge in [-0.15, -0.1) is 0 Å². The van der Waals surface area contributed by atoms with Gasteiger partial charge in [0.25, 0.3) is 33.4 Å². The average molecular weight is 1220 g/mol. The summed E-state index contributed by atoms with van der Waals surface area (Å²) >= 11 is 6.27. The highest BCUT2D eigenvalue weighted by atomic mass is 35.5. The third-order valence-corrected chi connectivity index (χ3v) is 19.0. The Balaban J connectivity index is 0.676. The summed E-state index contributed by atoms with van der Waals surface area (Å²) in [5, 5.41) is 22.7. The lowest BCUT2D eigenvalue weighted by Crippen LogP contribution is -2.54. The van der Waals surface area contributed by atoms with E-state index in [9.17, 15) is 42.5 Å². The lowest BCUT2D eigenvalue weighted by atomic mass is 9.72. The molecule has 22 nitrogen and oxygen atoms in total. The number of sulfonamides is 1. The number of fused-ring (bicyclic) bond motifs is 2. The van der Waals surface area contributed by atoms with Gasteiger partial charge in [-0.2, -0.15) is 0 Å². The van der Waals surface area contributed by atoms with Crippen LogP contribution in [0.2, 0.25) is 5.02 Å². The predicted octanol–water partition coefficient (Wildman–Crippen LogP) is 8.39. The zero-order valence-electron chi connectivity index (χ0n) is 48.9. The maximum atomic E-state index is 14.2. The second kappa shape index (κ2) is 25.6. The molecule has 4 aliphatic heterocycles. The summed E-state index contributed by atoms with van der Waals surface area (Å²) in [5.74, 6) is -2.57. The number of aromatic amines is 1. The first-order chi connectivity index (χ1) is 41.7. The molecule has 0 bridgehead atoms. The van der Waals surface area contributed by atoms with Crippen molar-refractivity contribution in [2.45, 2.75) is 69.7 Å². The van der Waals surface area contributed by atoms with Crippen LogP contribution in [0.15, 0.2) is 114 Å². The molecule has 1 aliphatic carbocycles. The van der Waals surface area contributed by atoms with Gasteiger partial charge < -0.3 is 35.1 Å². The zero-order valence-corrected chi connectivity index (χ0v) is 50.5. The highest BCUT2D eigenvalue weighted by Crippen LogP contribution is 2.44. The molecule has 1 atom stereocenters. The lowest BCUT2D eigenvalue weighted by Gasteiger charge is -2.39. The smallest absolute Gasteiger partial charge is 0.293 e. The number of nitrogens with zero attached hydrogens (tertiary/aromatic N) is 7. The van der Waals surface area contributed by atoms with Crippen molar-refractivity contribution in [1.29, 1.82) is 0 Å². The van der Waals surface area contributed by atoms with Crippen LogP contribution < -0.4 is 30.3 Å². The standard InChI is InChI=1S/C63H71ClN12O10S/c1-63(2)21-17-43(50(36-63)41-7-9-44(64)10-8-41)39-73-29-31-74(32-30-73)45-11-13-48(55(34-45)86-46-33-42-18-22-66-58(42)68-38-46)59(78)70-87(84,85)47-12-14-51(54(35-47)76(82)83)67-37-40-19-24-72(25-20-40)28-27-71(3)26-23-65-52-6-4-5-49-57(52)62(81)75(61(49)80)53-15-16-56(77)69-60(53)79/h4-14,18,22,33-35,38,40,53,65,67H,15-17,19-21,23-32,36-37,39H2,1-3H3,(H,66,68)(H,70,78)(H,69,77,79). The number of hydrogen-bond donors (Lipinski definition) is 5. The number of pyridine rings is 1. The zero-order chi connectivity index (χ0) is 61.1. The van der Waals surface area contributed by atoms with Crippen LogP contribution >= 0.6 is 11.6 Å². The fourth-order valence-corrected chi connectivity index (χ4v) is 13.4. The highest BCUT2D eigenvalue weighted by Gasteiger charge is 2.46. The number of rotatable bonds is 21. The van der Waals surface area contributed by atoms with Gasteiger partial charge in [0, 0.05) is 112 Å². The van der Waals surface area contributed by atoms with Crippen LogP contribution in [0.1, 0.15) is 95.4 Å². The van der Waals surface area contributed by atoms with E-state index in [-0.39, 0.29) is 52.3 Å². The fourth-order valence-electron chi connectivity index (χ4n) is 12.3. The Morgan fingerprint density at radius 3 is 2.41 bits per heavy atom. The van der Waals surface area contributed by atoms with Crippen LogP contribution in [0, 0.1) is 21.4 Å². The number of anilines is 3. The van der Waals surface area contributed by atoms with Gasteiger partial charge in [0.05, 0.1) is 32.7 Å². The number of nitro benzene ring substituents is 1. The fraction of sp³-hybridized carbons (Fsp3) is 0.397.